The van der Waals surface area contributed by atoms with E-state index in [2.05, 4.69) is 71.6 Å². The van der Waals surface area contributed by atoms with Gasteiger partial charge in [0.2, 0.25) is 5.91 Å². The molecule has 9 unspecified atom stereocenters. The van der Waals surface area contributed by atoms with Gasteiger partial charge >= 0.3 is 5.97 Å². The molecule has 46 heavy (non-hydrogen) atoms. The Hall–Kier alpha value is -2.40. The number of hydrogen-bond donors (Lipinski definition) is 1. The molecule has 0 saturated heterocycles. The van der Waals surface area contributed by atoms with Crippen LogP contribution in [0.2, 0.25) is 0 Å². The average Bonchev–Trinajstić information content (AvgIpc) is 3.40. The summed E-state index contributed by atoms with van der Waals surface area (Å²) < 4.78 is 4.95. The molecule has 5 aliphatic carbocycles. The van der Waals surface area contributed by atoms with Gasteiger partial charge in [0, 0.05) is 19.6 Å². The number of rotatable bonds is 6. The second kappa shape index (κ2) is 11.3. The van der Waals surface area contributed by atoms with E-state index in [-0.39, 0.29) is 39.1 Å². The summed E-state index contributed by atoms with van der Waals surface area (Å²) in [4.78, 5) is 26.6. The lowest BCUT2D eigenvalue weighted by atomic mass is 9.33. The molecular formula is C41H60N2O3. The molecule has 4 saturated carbocycles. The van der Waals surface area contributed by atoms with Crippen LogP contribution in [-0.4, -0.2) is 50.1 Å². The fourth-order valence-corrected chi connectivity index (χ4v) is 12.9. The lowest BCUT2D eigenvalue weighted by Crippen LogP contribution is -2.68. The zero-order chi connectivity index (χ0) is 33.4. The van der Waals surface area contributed by atoms with Gasteiger partial charge in [-0.1, -0.05) is 65.0 Å². The van der Waals surface area contributed by atoms with Gasteiger partial charge in [-0.3, -0.25) is 4.79 Å². The molecule has 0 heterocycles. The number of ether oxygens (including phenoxy) is 1. The Bertz CT molecular complexity index is 1430. The van der Waals surface area contributed by atoms with Gasteiger partial charge in [-0.25, -0.2) is 4.79 Å². The summed E-state index contributed by atoms with van der Waals surface area (Å²) in [5, 5.41) is 3.93. The van der Waals surface area contributed by atoms with E-state index in [1.165, 1.54) is 62.3 Å². The first kappa shape index (κ1) is 33.5. The molecule has 0 aliphatic heterocycles. The van der Waals surface area contributed by atoms with Crippen LogP contribution in [0.5, 0.6) is 0 Å². The minimum atomic E-state index is -0.281. The maximum Gasteiger partial charge on any atom is 0.337 e. The first-order chi connectivity index (χ1) is 21.6. The van der Waals surface area contributed by atoms with Gasteiger partial charge in [-0.2, -0.15) is 0 Å². The van der Waals surface area contributed by atoms with E-state index in [0.717, 1.165) is 19.3 Å². The molecule has 1 aromatic rings. The Labute approximate surface area is 279 Å². The van der Waals surface area contributed by atoms with Gasteiger partial charge in [0.1, 0.15) is 0 Å². The molecule has 5 nitrogen and oxygen atoms in total. The van der Waals surface area contributed by atoms with Gasteiger partial charge in [-0.05, 0) is 139 Å². The number of hydrogen-bond acceptors (Lipinski definition) is 4. The molecule has 0 bridgehead atoms. The normalized spacial score (nSPS) is 40.8. The van der Waals surface area contributed by atoms with Crippen molar-refractivity contribution in [3.8, 4) is 0 Å². The number of esters is 1. The standard InChI is InChI=1S/C41H60N2O3/c1-26(2)29-17-22-41(42-25-34(44)43(8)9)24-23-39(6)31(35(29)41)15-16-33-38(5)20-18-30(27-11-13-28(14-12-27)36(45)46-10)37(3,4)32(38)19-21-40(33,39)7/h11-14,18,29,31-33,35,42H,1,15-17,19-25H2,2-10H3. The number of amides is 1. The molecule has 0 radical (unpaired) electrons. The van der Waals surface area contributed by atoms with Crippen molar-refractivity contribution in [2.24, 2.45) is 51.2 Å². The van der Waals surface area contributed by atoms with E-state index >= 15 is 0 Å². The van der Waals surface area contributed by atoms with Gasteiger partial charge < -0.3 is 15.0 Å². The molecule has 1 amide bonds. The zero-order valence-corrected chi connectivity index (χ0v) is 30.2. The van der Waals surface area contributed by atoms with Gasteiger partial charge in [0.15, 0.2) is 0 Å². The highest BCUT2D eigenvalue weighted by Crippen LogP contribution is 2.76. The van der Waals surface area contributed by atoms with Crippen LogP contribution in [0.3, 0.4) is 0 Å². The van der Waals surface area contributed by atoms with Crippen molar-refractivity contribution in [2.45, 2.75) is 105 Å². The van der Waals surface area contributed by atoms with Crippen LogP contribution in [0, 0.1) is 51.2 Å². The van der Waals surface area contributed by atoms with Crippen LogP contribution >= 0.6 is 0 Å². The molecule has 252 valence electrons. The fraction of sp³-hybridized carbons (Fsp3) is 0.707. The first-order valence-electron chi connectivity index (χ1n) is 18.1. The smallest absolute Gasteiger partial charge is 0.337 e. The summed E-state index contributed by atoms with van der Waals surface area (Å²) in [6, 6.07) is 8.08. The third-order valence-corrected chi connectivity index (χ3v) is 15.4. The number of nitrogens with zero attached hydrogens (tertiary/aromatic N) is 1. The van der Waals surface area contributed by atoms with E-state index in [1.54, 1.807) is 4.90 Å². The second-order valence-electron chi connectivity index (χ2n) is 17.6. The van der Waals surface area contributed by atoms with Crippen molar-refractivity contribution in [1.82, 2.24) is 10.2 Å². The Morgan fingerprint density at radius 1 is 0.913 bits per heavy atom. The number of nitrogens with one attached hydrogen (secondary N) is 1. The van der Waals surface area contributed by atoms with Crippen LogP contribution in [0.4, 0.5) is 0 Å². The number of carbonyl (C=O) groups is 2. The highest BCUT2D eigenvalue weighted by atomic mass is 16.5. The van der Waals surface area contributed by atoms with Crippen molar-refractivity contribution in [2.75, 3.05) is 27.7 Å². The summed E-state index contributed by atoms with van der Waals surface area (Å²) in [6.45, 7) is 20.2. The molecule has 1 N–H and O–H groups in total. The highest BCUT2D eigenvalue weighted by Gasteiger charge is 2.70. The van der Waals surface area contributed by atoms with Crippen LogP contribution in [0.25, 0.3) is 5.57 Å². The highest BCUT2D eigenvalue weighted by molar-refractivity contribution is 5.90. The average molecular weight is 629 g/mol. The SMILES string of the molecule is C=C(C)C1CCC2(NCC(=O)N(C)C)CCC3(C)C(CCC4C5(C)CC=C(c6ccc(C(=O)OC)cc6)C(C)(C)C5CCC43C)C12. The number of fused-ring (bicyclic) bond motifs is 7. The summed E-state index contributed by atoms with van der Waals surface area (Å²) >= 11 is 0. The Kier molecular flexibility index (Phi) is 8.26. The molecule has 5 heteroatoms. The lowest BCUT2D eigenvalue weighted by Gasteiger charge is -2.72. The van der Waals surface area contributed by atoms with E-state index in [4.69, 9.17) is 4.74 Å². The molecular weight excluding hydrogens is 568 g/mol. The van der Waals surface area contributed by atoms with Crippen molar-refractivity contribution in [3.63, 3.8) is 0 Å². The number of likely N-dealkylation sites (N-methyl/N-ethyl adjacent to an activating group) is 1. The maximum absolute atomic E-state index is 12.8. The Balaban J connectivity index is 1.32. The predicted molar refractivity (Wildman–Crippen MR) is 187 cm³/mol. The third-order valence-electron chi connectivity index (χ3n) is 15.4. The van der Waals surface area contributed by atoms with Crippen LogP contribution < -0.4 is 5.32 Å². The molecule has 0 spiro atoms. The topological polar surface area (TPSA) is 58.6 Å². The zero-order valence-electron chi connectivity index (χ0n) is 30.2. The van der Waals surface area contributed by atoms with Gasteiger partial charge in [0.25, 0.3) is 0 Å². The number of methoxy groups -OCH3 is 1. The molecule has 4 fully saturated rings. The van der Waals surface area contributed by atoms with E-state index in [0.29, 0.717) is 41.7 Å². The van der Waals surface area contributed by atoms with Gasteiger partial charge in [-0.15, -0.1) is 0 Å². The summed E-state index contributed by atoms with van der Waals surface area (Å²) in [7, 11) is 5.18. The van der Waals surface area contributed by atoms with Crippen molar-refractivity contribution in [1.29, 1.82) is 0 Å². The fourth-order valence-electron chi connectivity index (χ4n) is 12.9. The predicted octanol–water partition coefficient (Wildman–Crippen LogP) is 8.55. The van der Waals surface area contributed by atoms with Crippen molar-refractivity contribution in [3.05, 3.63) is 53.6 Å². The number of benzene rings is 1. The number of allylic oxidation sites excluding steroid dienone is 3. The van der Waals surface area contributed by atoms with E-state index in [1.807, 2.05) is 26.2 Å². The molecule has 6 rings (SSSR count). The second-order valence-corrected chi connectivity index (χ2v) is 17.6. The van der Waals surface area contributed by atoms with Crippen molar-refractivity contribution >= 4 is 17.4 Å². The summed E-state index contributed by atoms with van der Waals surface area (Å²) in [6.07, 6.45) is 13.6. The lowest BCUT2D eigenvalue weighted by molar-refractivity contribution is -0.219. The third kappa shape index (κ3) is 4.71. The molecule has 1 aromatic carbocycles. The Morgan fingerprint density at radius 2 is 1.61 bits per heavy atom. The van der Waals surface area contributed by atoms with Crippen LogP contribution in [0.1, 0.15) is 115 Å². The minimum absolute atomic E-state index is 0.0393. The Morgan fingerprint density at radius 3 is 2.24 bits per heavy atom. The molecule has 9 atom stereocenters. The van der Waals surface area contributed by atoms with Gasteiger partial charge in [0.05, 0.1) is 19.2 Å². The van der Waals surface area contributed by atoms with Crippen LogP contribution in [-0.2, 0) is 9.53 Å². The molecule has 0 aromatic heterocycles. The molecule has 5 aliphatic rings. The minimum Gasteiger partial charge on any atom is -0.465 e. The van der Waals surface area contributed by atoms with E-state index < -0.39 is 0 Å². The monoisotopic (exact) mass is 628 g/mol. The number of carbonyl (C=O) groups excluding carboxylic acids is 2. The quantitative estimate of drug-likeness (QED) is 0.253. The summed E-state index contributed by atoms with van der Waals surface area (Å²) in [5.41, 5.74) is 5.48. The maximum atomic E-state index is 12.8. The van der Waals surface area contributed by atoms with E-state index in [9.17, 15) is 9.59 Å². The van der Waals surface area contributed by atoms with Crippen LogP contribution in [0.15, 0.2) is 42.5 Å². The first-order valence-corrected chi connectivity index (χ1v) is 18.1. The largest absolute Gasteiger partial charge is 0.465 e. The van der Waals surface area contributed by atoms with Crippen molar-refractivity contribution < 1.29 is 14.3 Å². The summed E-state index contributed by atoms with van der Waals surface area (Å²) in [5.74, 6) is 2.90.